The first kappa shape index (κ1) is 18.7. The SMILES string of the molecule is COc1ccc(C(=O)N2CCN(C(=O)c3cc(-c4ccncc4)n[nH]3)CC2)cc1. The predicted octanol–water partition coefficient (Wildman–Crippen LogP) is 2.08. The van der Waals surface area contributed by atoms with Crippen molar-refractivity contribution in [3.05, 3.63) is 66.1 Å². The average Bonchev–Trinajstić information content (AvgIpc) is 3.29. The number of nitrogens with one attached hydrogen (secondary N) is 1. The highest BCUT2D eigenvalue weighted by atomic mass is 16.5. The van der Waals surface area contributed by atoms with Crippen molar-refractivity contribution in [3.63, 3.8) is 0 Å². The second-order valence-electron chi connectivity index (χ2n) is 6.72. The van der Waals surface area contributed by atoms with Crippen LogP contribution in [0, 0.1) is 0 Å². The Balaban J connectivity index is 1.37. The zero-order valence-corrected chi connectivity index (χ0v) is 16.0. The predicted molar refractivity (Wildman–Crippen MR) is 107 cm³/mol. The second-order valence-corrected chi connectivity index (χ2v) is 6.72. The summed E-state index contributed by atoms with van der Waals surface area (Å²) in [7, 11) is 1.59. The first-order valence-corrected chi connectivity index (χ1v) is 9.34. The molecule has 1 saturated heterocycles. The van der Waals surface area contributed by atoms with E-state index in [0.717, 1.165) is 5.56 Å². The van der Waals surface area contributed by atoms with Gasteiger partial charge in [0.25, 0.3) is 11.8 Å². The lowest BCUT2D eigenvalue weighted by atomic mass is 10.1. The summed E-state index contributed by atoms with van der Waals surface area (Å²) >= 11 is 0. The largest absolute Gasteiger partial charge is 0.497 e. The molecule has 0 aliphatic carbocycles. The van der Waals surface area contributed by atoms with Crippen LogP contribution in [0.15, 0.2) is 54.9 Å². The first-order valence-electron chi connectivity index (χ1n) is 9.34. The van der Waals surface area contributed by atoms with Crippen LogP contribution in [0.4, 0.5) is 0 Å². The highest BCUT2D eigenvalue weighted by Crippen LogP contribution is 2.18. The van der Waals surface area contributed by atoms with Gasteiger partial charge in [-0.2, -0.15) is 5.10 Å². The number of amides is 2. The third-order valence-electron chi connectivity index (χ3n) is 4.98. The van der Waals surface area contributed by atoms with Crippen LogP contribution in [-0.4, -0.2) is 70.1 Å². The summed E-state index contributed by atoms with van der Waals surface area (Å²) in [5.74, 6) is 0.554. The van der Waals surface area contributed by atoms with Gasteiger partial charge < -0.3 is 14.5 Å². The second kappa shape index (κ2) is 8.14. The van der Waals surface area contributed by atoms with E-state index in [1.807, 2.05) is 12.1 Å². The zero-order chi connectivity index (χ0) is 20.2. The van der Waals surface area contributed by atoms with Gasteiger partial charge in [-0.3, -0.25) is 19.7 Å². The van der Waals surface area contributed by atoms with Gasteiger partial charge in [-0.05, 0) is 42.5 Å². The number of aromatic nitrogens is 3. The van der Waals surface area contributed by atoms with Crippen molar-refractivity contribution in [2.24, 2.45) is 0 Å². The van der Waals surface area contributed by atoms with Gasteiger partial charge in [-0.15, -0.1) is 0 Å². The fraction of sp³-hybridized carbons (Fsp3) is 0.238. The van der Waals surface area contributed by atoms with Crippen LogP contribution in [0.5, 0.6) is 5.75 Å². The Kier molecular flexibility index (Phi) is 5.24. The number of piperazine rings is 1. The lowest BCUT2D eigenvalue weighted by Crippen LogP contribution is -2.50. The van der Waals surface area contributed by atoms with E-state index < -0.39 is 0 Å². The molecule has 2 amide bonds. The minimum Gasteiger partial charge on any atom is -0.497 e. The molecule has 2 aromatic heterocycles. The van der Waals surface area contributed by atoms with Gasteiger partial charge in [0.15, 0.2) is 0 Å². The van der Waals surface area contributed by atoms with Gasteiger partial charge in [-0.25, -0.2) is 0 Å². The Morgan fingerprint density at radius 2 is 1.55 bits per heavy atom. The van der Waals surface area contributed by atoms with E-state index in [4.69, 9.17) is 4.74 Å². The maximum Gasteiger partial charge on any atom is 0.272 e. The molecule has 1 N–H and O–H groups in total. The van der Waals surface area contributed by atoms with Gasteiger partial charge in [0.1, 0.15) is 11.4 Å². The van der Waals surface area contributed by atoms with E-state index in [-0.39, 0.29) is 11.8 Å². The van der Waals surface area contributed by atoms with Crippen LogP contribution in [0.2, 0.25) is 0 Å². The third-order valence-corrected chi connectivity index (χ3v) is 4.98. The van der Waals surface area contributed by atoms with E-state index in [9.17, 15) is 9.59 Å². The molecule has 1 fully saturated rings. The lowest BCUT2D eigenvalue weighted by molar-refractivity contribution is 0.0532. The van der Waals surface area contributed by atoms with E-state index in [1.54, 1.807) is 59.6 Å². The van der Waals surface area contributed by atoms with Crippen molar-refractivity contribution in [3.8, 4) is 17.0 Å². The van der Waals surface area contributed by atoms with Gasteiger partial charge in [0.2, 0.25) is 0 Å². The molecule has 0 unspecified atom stereocenters. The van der Waals surface area contributed by atoms with Crippen molar-refractivity contribution >= 4 is 11.8 Å². The van der Waals surface area contributed by atoms with Crippen LogP contribution < -0.4 is 4.74 Å². The monoisotopic (exact) mass is 391 g/mol. The van der Waals surface area contributed by atoms with Gasteiger partial charge in [0, 0.05) is 49.7 Å². The maximum atomic E-state index is 12.8. The van der Waals surface area contributed by atoms with Crippen molar-refractivity contribution in [2.45, 2.75) is 0 Å². The molecular weight excluding hydrogens is 370 g/mol. The smallest absolute Gasteiger partial charge is 0.272 e. The number of ether oxygens (including phenoxy) is 1. The summed E-state index contributed by atoms with van der Waals surface area (Å²) in [6.45, 7) is 1.93. The molecule has 0 bridgehead atoms. The van der Waals surface area contributed by atoms with Crippen LogP contribution in [0.1, 0.15) is 20.8 Å². The maximum absolute atomic E-state index is 12.8. The Hall–Kier alpha value is -3.68. The Labute approximate surface area is 168 Å². The molecule has 0 saturated carbocycles. The van der Waals surface area contributed by atoms with Crippen molar-refractivity contribution < 1.29 is 14.3 Å². The lowest BCUT2D eigenvalue weighted by Gasteiger charge is -2.34. The van der Waals surface area contributed by atoms with E-state index in [1.165, 1.54) is 0 Å². The van der Waals surface area contributed by atoms with Crippen molar-refractivity contribution in [2.75, 3.05) is 33.3 Å². The quantitative estimate of drug-likeness (QED) is 0.735. The highest BCUT2D eigenvalue weighted by molar-refractivity contribution is 5.95. The molecule has 3 heterocycles. The Bertz CT molecular complexity index is 993. The topological polar surface area (TPSA) is 91.4 Å². The van der Waals surface area contributed by atoms with Gasteiger partial charge in [-0.1, -0.05) is 0 Å². The molecule has 3 aromatic rings. The number of methoxy groups -OCH3 is 1. The van der Waals surface area contributed by atoms with Crippen LogP contribution >= 0.6 is 0 Å². The van der Waals surface area contributed by atoms with Crippen LogP contribution in [0.25, 0.3) is 11.3 Å². The fourth-order valence-corrected chi connectivity index (χ4v) is 3.30. The molecule has 29 heavy (non-hydrogen) atoms. The van der Waals surface area contributed by atoms with E-state index in [0.29, 0.717) is 48.9 Å². The third kappa shape index (κ3) is 3.96. The summed E-state index contributed by atoms with van der Waals surface area (Å²) in [4.78, 5) is 32.9. The molecular formula is C21H21N5O3. The number of H-pyrrole nitrogens is 1. The minimum absolute atomic E-state index is 0.0405. The number of benzene rings is 1. The number of hydrogen-bond donors (Lipinski definition) is 1. The summed E-state index contributed by atoms with van der Waals surface area (Å²) in [5, 5.41) is 7.04. The number of pyridine rings is 1. The first-order chi connectivity index (χ1) is 14.2. The zero-order valence-electron chi connectivity index (χ0n) is 16.0. The summed E-state index contributed by atoms with van der Waals surface area (Å²) in [6.07, 6.45) is 3.37. The Morgan fingerprint density at radius 3 is 2.17 bits per heavy atom. The number of carbonyl (C=O) groups is 2. The molecule has 1 aromatic carbocycles. The fourth-order valence-electron chi connectivity index (χ4n) is 3.30. The molecule has 1 aliphatic heterocycles. The summed E-state index contributed by atoms with van der Waals surface area (Å²) in [5.41, 5.74) is 2.64. The number of carbonyl (C=O) groups excluding carboxylic acids is 2. The van der Waals surface area contributed by atoms with E-state index >= 15 is 0 Å². The molecule has 148 valence electrons. The standard InChI is InChI=1S/C21H21N5O3/c1-29-17-4-2-16(3-5-17)20(27)25-10-12-26(13-11-25)21(28)19-14-18(23-24-19)15-6-8-22-9-7-15/h2-9,14H,10-13H2,1H3,(H,23,24). The highest BCUT2D eigenvalue weighted by Gasteiger charge is 2.26. The molecule has 0 atom stereocenters. The molecule has 8 heteroatoms. The van der Waals surface area contributed by atoms with Crippen LogP contribution in [0.3, 0.4) is 0 Å². The molecule has 1 aliphatic rings. The molecule has 4 rings (SSSR count). The summed E-state index contributed by atoms with van der Waals surface area (Å²) in [6, 6.07) is 12.5. The molecule has 8 nitrogen and oxygen atoms in total. The van der Waals surface area contributed by atoms with Gasteiger partial charge >= 0.3 is 0 Å². The van der Waals surface area contributed by atoms with E-state index in [2.05, 4.69) is 15.2 Å². The van der Waals surface area contributed by atoms with Crippen LogP contribution in [-0.2, 0) is 0 Å². The molecule has 0 spiro atoms. The minimum atomic E-state index is -0.116. The number of nitrogens with zero attached hydrogens (tertiary/aromatic N) is 4. The summed E-state index contributed by atoms with van der Waals surface area (Å²) < 4.78 is 5.13. The molecule has 0 radical (unpaired) electrons. The van der Waals surface area contributed by atoms with Gasteiger partial charge in [0.05, 0.1) is 12.8 Å². The normalized spacial score (nSPS) is 14.0. The van der Waals surface area contributed by atoms with Crippen molar-refractivity contribution in [1.82, 2.24) is 25.0 Å². The number of hydrogen-bond acceptors (Lipinski definition) is 5. The Morgan fingerprint density at radius 1 is 0.931 bits per heavy atom. The van der Waals surface area contributed by atoms with Crippen molar-refractivity contribution in [1.29, 1.82) is 0 Å². The number of aromatic amines is 1. The number of rotatable bonds is 4. The average molecular weight is 391 g/mol.